The van der Waals surface area contributed by atoms with E-state index in [1.54, 1.807) is 6.08 Å². The fraction of sp³-hybridized carbons (Fsp3) is 0.158. The number of phenols is 1. The molecule has 3 rings (SSSR count). The molecule has 0 aliphatic heterocycles. The highest BCUT2D eigenvalue weighted by Crippen LogP contribution is 2.26. The summed E-state index contributed by atoms with van der Waals surface area (Å²) in [6.07, 6.45) is 1.81. The van der Waals surface area contributed by atoms with Gasteiger partial charge in [-0.05, 0) is 60.9 Å². The van der Waals surface area contributed by atoms with Gasteiger partial charge in [-0.25, -0.2) is 4.98 Å². The molecule has 3 aromatic rings. The Hall–Kier alpha value is -3.06. The summed E-state index contributed by atoms with van der Waals surface area (Å²) < 4.78 is 1.92. The molecule has 0 saturated heterocycles. The third-order valence-electron chi connectivity index (χ3n) is 3.97. The van der Waals surface area contributed by atoms with Crippen LogP contribution < -0.4 is 0 Å². The van der Waals surface area contributed by atoms with Crippen molar-refractivity contribution < 1.29 is 5.11 Å². The zero-order chi connectivity index (χ0) is 16.6. The van der Waals surface area contributed by atoms with Gasteiger partial charge in [-0.3, -0.25) is 0 Å². The molecule has 0 fully saturated rings. The van der Waals surface area contributed by atoms with E-state index >= 15 is 0 Å². The fourth-order valence-electron chi connectivity index (χ4n) is 2.77. The minimum Gasteiger partial charge on any atom is -0.507 e. The number of benzene rings is 2. The van der Waals surface area contributed by atoms with Gasteiger partial charge < -0.3 is 9.67 Å². The predicted octanol–water partition coefficient (Wildman–Crippen LogP) is 3.96. The van der Waals surface area contributed by atoms with Gasteiger partial charge in [0, 0.05) is 7.05 Å². The normalized spacial score (nSPS) is 11.7. The maximum Gasteiger partial charge on any atom is 0.151 e. The molecule has 0 atom stereocenters. The van der Waals surface area contributed by atoms with Crippen molar-refractivity contribution in [3.05, 3.63) is 58.9 Å². The summed E-state index contributed by atoms with van der Waals surface area (Å²) in [5.74, 6) is 0.931. The van der Waals surface area contributed by atoms with Gasteiger partial charge in [-0.1, -0.05) is 12.1 Å². The van der Waals surface area contributed by atoms with Crippen LogP contribution in [0, 0.1) is 25.2 Å². The fourth-order valence-corrected chi connectivity index (χ4v) is 2.77. The van der Waals surface area contributed by atoms with Crippen LogP contribution in [0.15, 0.2) is 36.4 Å². The van der Waals surface area contributed by atoms with Crippen LogP contribution in [-0.4, -0.2) is 14.7 Å². The topological polar surface area (TPSA) is 61.8 Å². The Morgan fingerprint density at radius 1 is 1.22 bits per heavy atom. The Balaban J connectivity index is 2.15. The summed E-state index contributed by atoms with van der Waals surface area (Å²) in [6, 6.07) is 13.8. The number of phenolic OH excluding ortho intramolecular Hbond substituents is 1. The molecule has 0 unspecified atom stereocenters. The number of para-hydroxylation sites is 2. The van der Waals surface area contributed by atoms with E-state index in [4.69, 9.17) is 0 Å². The van der Waals surface area contributed by atoms with Crippen molar-refractivity contribution in [2.45, 2.75) is 13.8 Å². The van der Waals surface area contributed by atoms with Crippen molar-refractivity contribution >= 4 is 22.7 Å². The van der Waals surface area contributed by atoms with Crippen LogP contribution in [0.25, 0.3) is 22.7 Å². The van der Waals surface area contributed by atoms with Gasteiger partial charge >= 0.3 is 0 Å². The van der Waals surface area contributed by atoms with E-state index in [1.807, 2.05) is 61.9 Å². The van der Waals surface area contributed by atoms with Crippen molar-refractivity contribution in [3.63, 3.8) is 0 Å². The molecule has 0 amide bonds. The zero-order valence-electron chi connectivity index (χ0n) is 13.3. The van der Waals surface area contributed by atoms with Crippen LogP contribution in [-0.2, 0) is 7.05 Å². The van der Waals surface area contributed by atoms with Crippen molar-refractivity contribution in [3.8, 4) is 11.8 Å². The summed E-state index contributed by atoms with van der Waals surface area (Å²) in [6.45, 7) is 3.70. The monoisotopic (exact) mass is 303 g/mol. The number of fused-ring (bicyclic) bond motifs is 1. The van der Waals surface area contributed by atoms with Crippen LogP contribution in [0.1, 0.15) is 22.5 Å². The van der Waals surface area contributed by atoms with Crippen molar-refractivity contribution in [2.24, 2.45) is 7.05 Å². The first-order valence-corrected chi connectivity index (χ1v) is 7.35. The van der Waals surface area contributed by atoms with Crippen LogP contribution in [0.4, 0.5) is 0 Å². The molecular formula is C19H17N3O. The number of allylic oxidation sites excluding steroid dienone is 1. The first kappa shape index (κ1) is 14.9. The van der Waals surface area contributed by atoms with Crippen molar-refractivity contribution in [2.75, 3.05) is 0 Å². The third-order valence-corrected chi connectivity index (χ3v) is 3.97. The number of aromatic hydroxyl groups is 1. The zero-order valence-corrected chi connectivity index (χ0v) is 13.3. The lowest BCUT2D eigenvalue weighted by Gasteiger charge is -2.06. The van der Waals surface area contributed by atoms with Crippen LogP contribution in [0.3, 0.4) is 0 Å². The van der Waals surface area contributed by atoms with E-state index in [-0.39, 0.29) is 0 Å². The van der Waals surface area contributed by atoms with E-state index in [0.29, 0.717) is 17.1 Å². The van der Waals surface area contributed by atoms with E-state index in [2.05, 4.69) is 11.1 Å². The molecule has 4 heteroatoms. The van der Waals surface area contributed by atoms with Gasteiger partial charge in [-0.15, -0.1) is 0 Å². The summed E-state index contributed by atoms with van der Waals surface area (Å²) in [4.78, 5) is 4.56. The molecule has 114 valence electrons. The van der Waals surface area contributed by atoms with Crippen molar-refractivity contribution in [1.82, 2.24) is 9.55 Å². The molecular weight excluding hydrogens is 286 g/mol. The maximum absolute atomic E-state index is 9.88. The second-order valence-corrected chi connectivity index (χ2v) is 5.66. The van der Waals surface area contributed by atoms with Gasteiger partial charge in [-0.2, -0.15) is 5.26 Å². The lowest BCUT2D eigenvalue weighted by Crippen LogP contribution is -1.96. The Morgan fingerprint density at radius 3 is 2.48 bits per heavy atom. The molecule has 1 N–H and O–H groups in total. The molecule has 1 heterocycles. The molecule has 4 nitrogen and oxygen atoms in total. The van der Waals surface area contributed by atoms with E-state index in [1.165, 1.54) is 0 Å². The third kappa shape index (κ3) is 2.58. The SMILES string of the molecule is Cc1cc(C=C(C#N)c2nc3ccccc3n2C)cc(C)c1O. The second-order valence-electron chi connectivity index (χ2n) is 5.66. The van der Waals surface area contributed by atoms with Gasteiger partial charge in [0.2, 0.25) is 0 Å². The molecule has 0 bridgehead atoms. The predicted molar refractivity (Wildman–Crippen MR) is 91.8 cm³/mol. The van der Waals surface area contributed by atoms with Gasteiger partial charge in [0.05, 0.1) is 16.6 Å². The number of imidazole rings is 1. The number of hydrogen-bond donors (Lipinski definition) is 1. The highest BCUT2D eigenvalue weighted by atomic mass is 16.3. The molecule has 1 aromatic heterocycles. The highest BCUT2D eigenvalue weighted by Gasteiger charge is 2.12. The first-order chi connectivity index (χ1) is 11.0. The van der Waals surface area contributed by atoms with E-state index in [9.17, 15) is 10.4 Å². The molecule has 0 aliphatic carbocycles. The van der Waals surface area contributed by atoms with Crippen LogP contribution in [0.5, 0.6) is 5.75 Å². The maximum atomic E-state index is 9.88. The summed E-state index contributed by atoms with van der Waals surface area (Å²) in [5.41, 5.74) is 4.80. The Morgan fingerprint density at radius 2 is 1.87 bits per heavy atom. The standard InChI is InChI=1S/C19H17N3O/c1-12-8-14(9-13(2)18(12)23)10-15(11-20)19-21-16-6-4-5-7-17(16)22(19)3/h4-10,23H,1-3H3. The number of hydrogen-bond acceptors (Lipinski definition) is 3. The molecule has 23 heavy (non-hydrogen) atoms. The average molecular weight is 303 g/mol. The summed E-state index contributed by atoms with van der Waals surface area (Å²) in [7, 11) is 1.91. The first-order valence-electron chi connectivity index (χ1n) is 7.35. The number of nitrogens with zero attached hydrogens (tertiary/aromatic N) is 3. The molecule has 0 saturated carbocycles. The minimum atomic E-state index is 0.295. The van der Waals surface area contributed by atoms with Crippen LogP contribution in [0.2, 0.25) is 0 Å². The number of aromatic nitrogens is 2. The largest absolute Gasteiger partial charge is 0.507 e. The number of aryl methyl sites for hydroxylation is 3. The van der Waals surface area contributed by atoms with Crippen LogP contribution >= 0.6 is 0 Å². The molecule has 0 aliphatic rings. The van der Waals surface area contributed by atoms with Gasteiger partial charge in [0.25, 0.3) is 0 Å². The lowest BCUT2D eigenvalue weighted by atomic mass is 10.0. The summed E-state index contributed by atoms with van der Waals surface area (Å²) in [5, 5.41) is 19.4. The average Bonchev–Trinajstić information content (AvgIpc) is 2.87. The Kier molecular flexibility index (Phi) is 3.63. The van der Waals surface area contributed by atoms with E-state index in [0.717, 1.165) is 27.7 Å². The Bertz CT molecular complexity index is 951. The quantitative estimate of drug-likeness (QED) is 0.729. The lowest BCUT2D eigenvalue weighted by molar-refractivity contribution is 0.467. The van der Waals surface area contributed by atoms with Crippen molar-refractivity contribution in [1.29, 1.82) is 5.26 Å². The number of nitriles is 1. The molecule has 0 spiro atoms. The highest BCUT2D eigenvalue weighted by molar-refractivity contribution is 5.91. The van der Waals surface area contributed by atoms with E-state index < -0.39 is 0 Å². The smallest absolute Gasteiger partial charge is 0.151 e. The summed E-state index contributed by atoms with van der Waals surface area (Å²) >= 11 is 0. The minimum absolute atomic E-state index is 0.295. The number of rotatable bonds is 2. The molecule has 0 radical (unpaired) electrons. The van der Waals surface area contributed by atoms with Gasteiger partial charge in [0.15, 0.2) is 5.82 Å². The second kappa shape index (κ2) is 5.62. The molecule has 2 aromatic carbocycles. The Labute approximate surface area is 134 Å². The van der Waals surface area contributed by atoms with Gasteiger partial charge in [0.1, 0.15) is 11.8 Å².